The number of ether oxygens (including phenoxy) is 1. The zero-order chi connectivity index (χ0) is 24.4. The van der Waals surface area contributed by atoms with Crippen LogP contribution in [0.15, 0.2) is 60.3 Å². The number of likely N-dealkylation sites (N-methyl/N-ethyl adjacent to an activating group) is 1. The SMILES string of the molecule is COc1cc(CNC(=O)c2ccc3c(c2)C(=O)C(=Cc2ccc(F)c(Cl)c2)C(=O)N3C)ccn1. The van der Waals surface area contributed by atoms with Crippen LogP contribution in [0.1, 0.15) is 31.8 Å². The average molecular weight is 480 g/mol. The van der Waals surface area contributed by atoms with Crippen molar-refractivity contribution in [1.82, 2.24) is 10.3 Å². The third-order valence-electron chi connectivity index (χ3n) is 5.36. The summed E-state index contributed by atoms with van der Waals surface area (Å²) >= 11 is 5.82. The fourth-order valence-corrected chi connectivity index (χ4v) is 3.73. The number of ketones is 1. The van der Waals surface area contributed by atoms with E-state index in [2.05, 4.69) is 10.3 Å². The molecule has 2 aromatic carbocycles. The van der Waals surface area contributed by atoms with Crippen molar-refractivity contribution >= 4 is 41.0 Å². The number of Topliss-reactive ketones (excluding diaryl/α,β-unsaturated/α-hetero) is 1. The summed E-state index contributed by atoms with van der Waals surface area (Å²) in [6, 6.07) is 11.9. The molecule has 34 heavy (non-hydrogen) atoms. The predicted octanol–water partition coefficient (Wildman–Crippen LogP) is 4.06. The first kappa shape index (κ1) is 23.1. The van der Waals surface area contributed by atoms with E-state index in [0.29, 0.717) is 17.1 Å². The van der Waals surface area contributed by atoms with Crippen LogP contribution in [0.3, 0.4) is 0 Å². The number of amides is 2. The van der Waals surface area contributed by atoms with Crippen LogP contribution in [0.2, 0.25) is 5.02 Å². The first-order valence-electron chi connectivity index (χ1n) is 10.2. The van der Waals surface area contributed by atoms with Crippen molar-refractivity contribution in [3.05, 3.63) is 93.4 Å². The Morgan fingerprint density at radius 2 is 1.97 bits per heavy atom. The highest BCUT2D eigenvalue weighted by Gasteiger charge is 2.33. The van der Waals surface area contributed by atoms with E-state index in [4.69, 9.17) is 16.3 Å². The van der Waals surface area contributed by atoms with Gasteiger partial charge in [-0.3, -0.25) is 14.4 Å². The number of benzene rings is 2. The van der Waals surface area contributed by atoms with Crippen molar-refractivity contribution in [3.8, 4) is 5.88 Å². The number of rotatable bonds is 5. The van der Waals surface area contributed by atoms with Gasteiger partial charge in [0, 0.05) is 37.0 Å². The zero-order valence-corrected chi connectivity index (χ0v) is 19.0. The minimum atomic E-state index is -0.603. The van der Waals surface area contributed by atoms with Crippen LogP contribution in [-0.4, -0.2) is 36.7 Å². The van der Waals surface area contributed by atoms with Crippen LogP contribution in [0, 0.1) is 5.82 Å². The maximum Gasteiger partial charge on any atom is 0.262 e. The van der Waals surface area contributed by atoms with Gasteiger partial charge in [0.05, 0.1) is 23.4 Å². The second-order valence-corrected chi connectivity index (χ2v) is 7.95. The van der Waals surface area contributed by atoms with Gasteiger partial charge in [0.25, 0.3) is 11.8 Å². The van der Waals surface area contributed by atoms with E-state index in [-0.39, 0.29) is 34.2 Å². The molecule has 0 saturated heterocycles. The standard InChI is InChI=1S/C25H19ClFN3O4/c1-30-21-6-4-16(24(32)29-13-15-7-8-28-22(11-15)34-2)12-17(21)23(31)18(25(30)33)9-14-3-5-20(27)19(26)10-14/h3-12H,13H2,1-2H3,(H,29,32). The van der Waals surface area contributed by atoms with Crippen molar-refractivity contribution < 1.29 is 23.5 Å². The Labute approximate surface area is 199 Å². The normalized spacial score (nSPS) is 14.2. The quantitative estimate of drug-likeness (QED) is 0.440. The third-order valence-corrected chi connectivity index (χ3v) is 5.65. The highest BCUT2D eigenvalue weighted by molar-refractivity contribution is 6.37. The van der Waals surface area contributed by atoms with E-state index in [1.54, 1.807) is 30.5 Å². The highest BCUT2D eigenvalue weighted by Crippen LogP contribution is 2.31. The summed E-state index contributed by atoms with van der Waals surface area (Å²) in [5.41, 5.74) is 1.95. The number of nitrogens with one attached hydrogen (secondary N) is 1. The van der Waals surface area contributed by atoms with Crippen molar-refractivity contribution in [3.63, 3.8) is 0 Å². The Bertz CT molecular complexity index is 1360. The molecule has 0 unspecified atom stereocenters. The number of hydrogen-bond donors (Lipinski definition) is 1. The average Bonchev–Trinajstić information content (AvgIpc) is 2.85. The maximum atomic E-state index is 13.5. The van der Waals surface area contributed by atoms with Gasteiger partial charge in [-0.15, -0.1) is 0 Å². The van der Waals surface area contributed by atoms with Crippen molar-refractivity contribution in [2.45, 2.75) is 6.54 Å². The number of methoxy groups -OCH3 is 1. The molecule has 7 nitrogen and oxygen atoms in total. The molecule has 0 aliphatic carbocycles. The van der Waals surface area contributed by atoms with Gasteiger partial charge in [-0.05, 0) is 53.6 Å². The van der Waals surface area contributed by atoms with Gasteiger partial charge < -0.3 is 15.0 Å². The van der Waals surface area contributed by atoms with Crippen LogP contribution < -0.4 is 15.0 Å². The van der Waals surface area contributed by atoms with Gasteiger partial charge in [-0.25, -0.2) is 9.37 Å². The lowest BCUT2D eigenvalue weighted by Crippen LogP contribution is -2.37. The van der Waals surface area contributed by atoms with Gasteiger partial charge >= 0.3 is 0 Å². The van der Waals surface area contributed by atoms with Crippen LogP contribution in [0.25, 0.3) is 6.08 Å². The molecule has 0 radical (unpaired) electrons. The van der Waals surface area contributed by atoms with Crippen molar-refractivity contribution in [2.75, 3.05) is 19.1 Å². The molecule has 1 aliphatic heterocycles. The van der Waals surface area contributed by atoms with Crippen LogP contribution in [-0.2, 0) is 11.3 Å². The molecule has 1 aromatic heterocycles. The summed E-state index contributed by atoms with van der Waals surface area (Å²) < 4.78 is 18.6. The van der Waals surface area contributed by atoms with Crippen LogP contribution in [0.5, 0.6) is 5.88 Å². The highest BCUT2D eigenvalue weighted by atomic mass is 35.5. The Hall–Kier alpha value is -4.04. The van der Waals surface area contributed by atoms with Gasteiger partial charge in [0.2, 0.25) is 11.7 Å². The number of anilines is 1. The molecule has 9 heteroatoms. The van der Waals surface area contributed by atoms with Gasteiger partial charge in [-0.2, -0.15) is 0 Å². The number of nitrogens with zero attached hydrogens (tertiary/aromatic N) is 2. The van der Waals surface area contributed by atoms with E-state index < -0.39 is 17.5 Å². The molecule has 1 aliphatic rings. The molecule has 4 rings (SSSR count). The Balaban J connectivity index is 1.61. The molecule has 3 aromatic rings. The molecule has 0 fully saturated rings. The van der Waals surface area contributed by atoms with Crippen LogP contribution >= 0.6 is 11.6 Å². The van der Waals surface area contributed by atoms with Gasteiger partial charge in [0.15, 0.2) is 0 Å². The molecule has 2 heterocycles. The topological polar surface area (TPSA) is 88.6 Å². The second-order valence-electron chi connectivity index (χ2n) is 7.55. The molecule has 0 bridgehead atoms. The summed E-state index contributed by atoms with van der Waals surface area (Å²) in [4.78, 5) is 44.1. The molecular weight excluding hydrogens is 461 g/mol. The van der Waals surface area contributed by atoms with Crippen LogP contribution in [0.4, 0.5) is 10.1 Å². The Kier molecular flexibility index (Phi) is 6.43. The number of fused-ring (bicyclic) bond motifs is 1. The summed E-state index contributed by atoms with van der Waals surface area (Å²) in [6.45, 7) is 0.234. The smallest absolute Gasteiger partial charge is 0.262 e. The number of halogens is 2. The number of carbonyl (C=O) groups is 3. The number of pyridine rings is 1. The van der Waals surface area contributed by atoms with Crippen molar-refractivity contribution in [1.29, 1.82) is 0 Å². The van der Waals surface area contributed by atoms with E-state index in [1.165, 1.54) is 43.3 Å². The maximum absolute atomic E-state index is 13.5. The Morgan fingerprint density at radius 3 is 2.71 bits per heavy atom. The summed E-state index contributed by atoms with van der Waals surface area (Å²) in [7, 11) is 3.04. The van der Waals surface area contributed by atoms with E-state index in [9.17, 15) is 18.8 Å². The molecule has 0 saturated carbocycles. The second kappa shape index (κ2) is 9.44. The third kappa shape index (κ3) is 4.53. The fraction of sp³-hybridized carbons (Fsp3) is 0.120. The number of aromatic nitrogens is 1. The lowest BCUT2D eigenvalue weighted by Gasteiger charge is -2.27. The van der Waals surface area contributed by atoms with Gasteiger partial charge in [-0.1, -0.05) is 17.7 Å². The zero-order valence-electron chi connectivity index (χ0n) is 18.3. The summed E-state index contributed by atoms with van der Waals surface area (Å²) in [5, 5.41) is 2.67. The minimum absolute atomic E-state index is 0.112. The number of hydrogen-bond acceptors (Lipinski definition) is 5. The molecular formula is C25H19ClFN3O4. The number of carbonyl (C=O) groups excluding carboxylic acids is 3. The Morgan fingerprint density at radius 1 is 1.18 bits per heavy atom. The lowest BCUT2D eigenvalue weighted by molar-refractivity contribution is -0.114. The predicted molar refractivity (Wildman–Crippen MR) is 126 cm³/mol. The van der Waals surface area contributed by atoms with Crippen molar-refractivity contribution in [2.24, 2.45) is 0 Å². The molecule has 0 spiro atoms. The van der Waals surface area contributed by atoms with E-state index in [1.807, 2.05) is 0 Å². The molecule has 172 valence electrons. The lowest BCUT2D eigenvalue weighted by atomic mass is 9.92. The minimum Gasteiger partial charge on any atom is -0.481 e. The monoisotopic (exact) mass is 479 g/mol. The summed E-state index contributed by atoms with van der Waals surface area (Å²) in [6.07, 6.45) is 2.94. The molecule has 0 atom stereocenters. The first-order chi connectivity index (χ1) is 16.3. The molecule has 2 amide bonds. The van der Waals surface area contributed by atoms with E-state index in [0.717, 1.165) is 11.6 Å². The molecule has 1 N–H and O–H groups in total. The van der Waals surface area contributed by atoms with Gasteiger partial charge in [0.1, 0.15) is 5.82 Å². The van der Waals surface area contributed by atoms with E-state index >= 15 is 0 Å². The first-order valence-corrected chi connectivity index (χ1v) is 10.6. The fourth-order valence-electron chi connectivity index (χ4n) is 3.54. The summed E-state index contributed by atoms with van der Waals surface area (Å²) in [5.74, 6) is -1.61. The largest absolute Gasteiger partial charge is 0.481 e.